The largest absolute Gasteiger partial charge is 0.368 e. The van der Waals surface area contributed by atoms with Gasteiger partial charge in [-0.3, -0.25) is 4.79 Å². The number of carbonyl (C=O) groups excluding carboxylic acids is 1. The monoisotopic (exact) mass is 338 g/mol. The molecular weight excluding hydrogens is 320 g/mol. The zero-order chi connectivity index (χ0) is 15.1. The van der Waals surface area contributed by atoms with Crippen LogP contribution in [-0.2, 0) is 0 Å². The van der Waals surface area contributed by atoms with Crippen LogP contribution in [0, 0.1) is 5.41 Å². The highest BCUT2D eigenvalue weighted by atomic mass is 79.9. The molecule has 1 atom stereocenters. The second-order valence-corrected chi connectivity index (χ2v) is 7.12. The number of rotatable bonds is 1. The van der Waals surface area contributed by atoms with E-state index in [4.69, 9.17) is 0 Å². The lowest BCUT2D eigenvalue weighted by molar-refractivity contribution is -0.143. The minimum Gasteiger partial charge on any atom is -0.368 e. The molecule has 108 valence electrons. The van der Waals surface area contributed by atoms with Gasteiger partial charge in [0, 0.05) is 27.6 Å². The third kappa shape index (κ3) is 2.52. The summed E-state index contributed by atoms with van der Waals surface area (Å²) < 4.78 is 0.904. The quantitative estimate of drug-likeness (QED) is 0.853. The third-order valence-corrected chi connectivity index (χ3v) is 4.14. The van der Waals surface area contributed by atoms with E-state index >= 15 is 0 Å². The molecule has 1 unspecified atom stereocenters. The van der Waals surface area contributed by atoms with Gasteiger partial charge in [-0.25, -0.2) is 0 Å². The summed E-state index contributed by atoms with van der Waals surface area (Å²) in [6.45, 7) is 7.54. The van der Waals surface area contributed by atoms with E-state index in [2.05, 4.69) is 21.0 Å². The van der Waals surface area contributed by atoms with Gasteiger partial charge < -0.3 is 5.11 Å². The van der Waals surface area contributed by atoms with E-state index in [0.29, 0.717) is 12.0 Å². The van der Waals surface area contributed by atoms with E-state index in [-0.39, 0.29) is 5.91 Å². The van der Waals surface area contributed by atoms with Gasteiger partial charge in [0.1, 0.15) is 0 Å². The molecule has 5 heteroatoms. The Bertz CT molecular complexity index is 560. The molecule has 1 heterocycles. The van der Waals surface area contributed by atoms with E-state index in [1.54, 1.807) is 24.3 Å². The number of hydrogen-bond donors (Lipinski definition) is 1. The predicted molar refractivity (Wildman–Crippen MR) is 82.4 cm³/mol. The fraction of sp³-hybridized carbons (Fsp3) is 0.467. The first-order valence-electron chi connectivity index (χ1n) is 6.52. The Morgan fingerprint density at radius 1 is 1.35 bits per heavy atom. The van der Waals surface area contributed by atoms with Gasteiger partial charge in [0.05, 0.1) is 0 Å². The summed E-state index contributed by atoms with van der Waals surface area (Å²) in [5.74, 6) is -0.285. The van der Waals surface area contributed by atoms with Crippen molar-refractivity contribution in [1.82, 2.24) is 5.01 Å². The standard InChI is InChI=1S/C15H19BrN2O2/c1-10-9-15(20,14(2,3)4)18(17-10)13(19)11-5-7-12(16)8-6-11/h5-8,20H,9H2,1-4H3. The van der Waals surface area contributed by atoms with Gasteiger partial charge in [0.15, 0.2) is 5.72 Å². The van der Waals surface area contributed by atoms with Crippen LogP contribution in [-0.4, -0.2) is 27.5 Å². The molecule has 1 aliphatic rings. The molecule has 1 aromatic rings. The summed E-state index contributed by atoms with van der Waals surface area (Å²) in [5.41, 5.74) is -0.511. The molecule has 1 amide bonds. The highest BCUT2D eigenvalue weighted by Gasteiger charge is 2.51. The molecule has 1 N–H and O–H groups in total. The zero-order valence-corrected chi connectivity index (χ0v) is 13.7. The maximum Gasteiger partial charge on any atom is 0.276 e. The summed E-state index contributed by atoms with van der Waals surface area (Å²) >= 11 is 3.34. The van der Waals surface area contributed by atoms with Crippen molar-refractivity contribution in [3.8, 4) is 0 Å². The van der Waals surface area contributed by atoms with E-state index in [1.807, 2.05) is 27.7 Å². The molecule has 1 aromatic carbocycles. The normalized spacial score (nSPS) is 22.9. The Morgan fingerprint density at radius 2 is 1.90 bits per heavy atom. The SMILES string of the molecule is CC1=NN(C(=O)c2ccc(Br)cc2)C(O)(C(C)(C)C)C1. The molecule has 0 aliphatic carbocycles. The zero-order valence-electron chi connectivity index (χ0n) is 12.1. The van der Waals surface area contributed by atoms with Crippen molar-refractivity contribution in [2.75, 3.05) is 0 Å². The molecule has 20 heavy (non-hydrogen) atoms. The van der Waals surface area contributed by atoms with Crippen LogP contribution in [0.1, 0.15) is 44.5 Å². The predicted octanol–water partition coefficient (Wildman–Crippen LogP) is 3.41. The van der Waals surface area contributed by atoms with Crippen LogP contribution in [0.5, 0.6) is 0 Å². The average molecular weight is 339 g/mol. The second-order valence-electron chi connectivity index (χ2n) is 6.20. The average Bonchev–Trinajstić information content (AvgIpc) is 2.65. The van der Waals surface area contributed by atoms with Gasteiger partial charge in [-0.05, 0) is 31.2 Å². The first-order chi connectivity index (χ1) is 9.15. The van der Waals surface area contributed by atoms with E-state index < -0.39 is 11.1 Å². The molecule has 0 aromatic heterocycles. The molecule has 2 rings (SSSR count). The molecule has 1 aliphatic heterocycles. The molecule has 0 spiro atoms. The summed E-state index contributed by atoms with van der Waals surface area (Å²) in [4.78, 5) is 12.6. The number of hydrogen-bond acceptors (Lipinski definition) is 3. The maximum atomic E-state index is 12.6. The summed E-state index contributed by atoms with van der Waals surface area (Å²) in [7, 11) is 0. The lowest BCUT2D eigenvalue weighted by Gasteiger charge is -2.41. The first kappa shape index (κ1) is 15.2. The highest BCUT2D eigenvalue weighted by molar-refractivity contribution is 9.10. The number of halogens is 1. The molecule has 4 nitrogen and oxygen atoms in total. The van der Waals surface area contributed by atoms with E-state index in [0.717, 1.165) is 10.2 Å². The number of nitrogens with zero attached hydrogens (tertiary/aromatic N) is 2. The Kier molecular flexibility index (Phi) is 3.77. The van der Waals surface area contributed by atoms with Crippen LogP contribution < -0.4 is 0 Å². The van der Waals surface area contributed by atoms with Crippen molar-refractivity contribution in [3.05, 3.63) is 34.3 Å². The lowest BCUT2D eigenvalue weighted by Crippen LogP contribution is -2.54. The van der Waals surface area contributed by atoms with Gasteiger partial charge in [-0.15, -0.1) is 0 Å². The Morgan fingerprint density at radius 3 is 2.40 bits per heavy atom. The maximum absolute atomic E-state index is 12.6. The van der Waals surface area contributed by atoms with Crippen LogP contribution >= 0.6 is 15.9 Å². The van der Waals surface area contributed by atoms with Crippen molar-refractivity contribution in [2.24, 2.45) is 10.5 Å². The minimum absolute atomic E-state index is 0.285. The van der Waals surface area contributed by atoms with Crippen LogP contribution in [0.15, 0.2) is 33.8 Å². The van der Waals surface area contributed by atoms with Gasteiger partial charge in [-0.2, -0.15) is 10.1 Å². The Balaban J connectivity index is 2.39. The second kappa shape index (κ2) is 4.97. The molecule has 0 bridgehead atoms. The Labute approximate surface area is 127 Å². The van der Waals surface area contributed by atoms with Crippen molar-refractivity contribution in [1.29, 1.82) is 0 Å². The van der Waals surface area contributed by atoms with Crippen LogP contribution in [0.25, 0.3) is 0 Å². The van der Waals surface area contributed by atoms with Crippen LogP contribution in [0.2, 0.25) is 0 Å². The van der Waals surface area contributed by atoms with Gasteiger partial charge >= 0.3 is 0 Å². The Hall–Kier alpha value is -1.20. The number of carbonyl (C=O) groups is 1. The fourth-order valence-corrected chi connectivity index (χ4v) is 2.50. The topological polar surface area (TPSA) is 52.9 Å². The van der Waals surface area contributed by atoms with E-state index in [9.17, 15) is 9.90 Å². The smallest absolute Gasteiger partial charge is 0.276 e. The van der Waals surface area contributed by atoms with Gasteiger partial charge in [0.25, 0.3) is 5.91 Å². The molecule has 0 saturated heterocycles. The third-order valence-electron chi connectivity index (χ3n) is 3.61. The summed E-state index contributed by atoms with van der Waals surface area (Å²) in [6, 6.07) is 7.05. The number of aliphatic hydroxyl groups is 1. The van der Waals surface area contributed by atoms with Crippen molar-refractivity contribution >= 4 is 27.5 Å². The fourth-order valence-electron chi connectivity index (χ4n) is 2.23. The van der Waals surface area contributed by atoms with Crippen molar-refractivity contribution in [2.45, 2.75) is 39.8 Å². The van der Waals surface area contributed by atoms with Gasteiger partial charge in [-0.1, -0.05) is 36.7 Å². The molecule has 0 fully saturated rings. The molecule has 0 saturated carbocycles. The summed E-state index contributed by atoms with van der Waals surface area (Å²) in [5, 5.41) is 16.4. The number of benzene rings is 1. The number of amides is 1. The number of hydrazone groups is 1. The summed E-state index contributed by atoms with van der Waals surface area (Å²) in [6.07, 6.45) is 0.374. The molecule has 0 radical (unpaired) electrons. The van der Waals surface area contributed by atoms with Crippen molar-refractivity contribution < 1.29 is 9.90 Å². The molecular formula is C15H19BrN2O2. The highest BCUT2D eigenvalue weighted by Crippen LogP contribution is 2.41. The van der Waals surface area contributed by atoms with Crippen LogP contribution in [0.4, 0.5) is 0 Å². The lowest BCUT2D eigenvalue weighted by atomic mass is 9.80. The first-order valence-corrected chi connectivity index (χ1v) is 7.31. The minimum atomic E-state index is -1.29. The van der Waals surface area contributed by atoms with Gasteiger partial charge in [0.2, 0.25) is 0 Å². The van der Waals surface area contributed by atoms with Crippen LogP contribution in [0.3, 0.4) is 0 Å². The van der Waals surface area contributed by atoms with E-state index in [1.165, 1.54) is 5.01 Å². The van der Waals surface area contributed by atoms with Crippen molar-refractivity contribution in [3.63, 3.8) is 0 Å².